The Labute approximate surface area is 188 Å². The van der Waals surface area contributed by atoms with Gasteiger partial charge in [0.2, 0.25) is 10.0 Å². The summed E-state index contributed by atoms with van der Waals surface area (Å²) in [5, 5.41) is 3.64. The molecule has 33 heavy (non-hydrogen) atoms. The van der Waals surface area contributed by atoms with Crippen LogP contribution in [0.1, 0.15) is 10.5 Å². The quantitative estimate of drug-likeness (QED) is 0.395. The number of rotatable bonds is 6. The molecule has 0 aliphatic rings. The number of nitrogens with zero attached hydrogens (tertiary/aromatic N) is 1. The number of carbonyl (C=O) groups excluding carboxylic acids is 1. The summed E-state index contributed by atoms with van der Waals surface area (Å²) in [6.45, 7) is 0. The van der Waals surface area contributed by atoms with E-state index in [0.717, 1.165) is 18.4 Å². The lowest BCUT2D eigenvalue weighted by Crippen LogP contribution is -2.16. The van der Waals surface area contributed by atoms with Crippen LogP contribution in [-0.2, 0) is 10.0 Å². The molecule has 0 atom stereocenters. The van der Waals surface area contributed by atoms with Gasteiger partial charge in [0.15, 0.2) is 0 Å². The van der Waals surface area contributed by atoms with Crippen molar-refractivity contribution in [2.75, 3.05) is 23.3 Å². The first-order valence-corrected chi connectivity index (χ1v) is 11.7. The van der Waals surface area contributed by atoms with Gasteiger partial charge in [0.1, 0.15) is 17.3 Å². The lowest BCUT2D eigenvalue weighted by molar-refractivity contribution is 0.0994. The smallest absolute Gasteiger partial charge is 0.265 e. The van der Waals surface area contributed by atoms with Crippen LogP contribution in [-0.4, -0.2) is 32.2 Å². The molecule has 0 bridgehead atoms. The minimum Gasteiger partial charge on any atom is -0.388 e. The largest absolute Gasteiger partial charge is 0.388 e. The number of sulfonamides is 1. The number of hydrogen-bond acceptors (Lipinski definition) is 4. The molecule has 0 saturated heterocycles. The van der Waals surface area contributed by atoms with E-state index in [1.165, 1.54) is 6.07 Å². The van der Waals surface area contributed by atoms with Crippen molar-refractivity contribution in [3.05, 3.63) is 78.0 Å². The summed E-state index contributed by atoms with van der Waals surface area (Å²) in [7, 11) is -1.85. The second-order valence-corrected chi connectivity index (χ2v) is 9.27. The lowest BCUT2D eigenvalue weighted by Gasteiger charge is -2.15. The molecule has 1 aromatic heterocycles. The zero-order valence-electron chi connectivity index (χ0n) is 17.7. The highest BCUT2D eigenvalue weighted by molar-refractivity contribution is 7.92. The van der Waals surface area contributed by atoms with Crippen molar-refractivity contribution in [1.82, 2.24) is 4.57 Å². The highest BCUT2D eigenvalue weighted by atomic mass is 32.2. The Morgan fingerprint density at radius 1 is 0.970 bits per heavy atom. The Morgan fingerprint density at radius 3 is 2.36 bits per heavy atom. The number of aromatic nitrogens is 1. The number of amides is 1. The van der Waals surface area contributed by atoms with Crippen LogP contribution < -0.4 is 15.8 Å². The molecule has 4 aromatic rings. The number of nitrogens with one attached hydrogen (secondary N) is 2. The van der Waals surface area contributed by atoms with E-state index >= 15 is 0 Å². The van der Waals surface area contributed by atoms with Gasteiger partial charge in [-0.15, -0.1) is 0 Å². The van der Waals surface area contributed by atoms with Gasteiger partial charge in [0, 0.05) is 35.4 Å². The lowest BCUT2D eigenvalue weighted by atomic mass is 10.0. The van der Waals surface area contributed by atoms with Crippen molar-refractivity contribution < 1.29 is 22.0 Å². The first kappa shape index (κ1) is 22.3. The molecule has 0 aliphatic heterocycles. The predicted molar refractivity (Wildman–Crippen MR) is 125 cm³/mol. The molecule has 0 saturated carbocycles. The molecule has 7 nitrogen and oxygen atoms in total. The SMILES string of the molecule is CNc1cc(-c2ccc(F)cc2F)cc(-n2c(C(N)=O)cc3ccc(NS(C)(=O)=O)cc32)c1. The van der Waals surface area contributed by atoms with Crippen molar-refractivity contribution in [2.24, 2.45) is 5.73 Å². The second-order valence-electron chi connectivity index (χ2n) is 7.52. The van der Waals surface area contributed by atoms with Crippen LogP contribution in [0.5, 0.6) is 0 Å². The van der Waals surface area contributed by atoms with E-state index < -0.39 is 27.6 Å². The molecule has 0 fully saturated rings. The van der Waals surface area contributed by atoms with E-state index in [2.05, 4.69) is 10.0 Å². The number of fused-ring (bicyclic) bond motifs is 1. The molecular formula is C23H20F2N4O3S. The van der Waals surface area contributed by atoms with Crippen molar-refractivity contribution in [1.29, 1.82) is 0 Å². The molecular weight excluding hydrogens is 450 g/mol. The van der Waals surface area contributed by atoms with Crippen LogP contribution in [0.4, 0.5) is 20.2 Å². The van der Waals surface area contributed by atoms with Crippen LogP contribution in [0.3, 0.4) is 0 Å². The van der Waals surface area contributed by atoms with E-state index in [9.17, 15) is 22.0 Å². The molecule has 0 unspecified atom stereocenters. The maximum Gasteiger partial charge on any atom is 0.265 e. The average molecular weight is 471 g/mol. The van der Waals surface area contributed by atoms with Crippen LogP contribution in [0.15, 0.2) is 60.7 Å². The number of primary amides is 1. The molecule has 0 radical (unpaired) electrons. The van der Waals surface area contributed by atoms with E-state index in [-0.39, 0.29) is 11.3 Å². The van der Waals surface area contributed by atoms with Crippen LogP contribution in [0.2, 0.25) is 0 Å². The van der Waals surface area contributed by atoms with Gasteiger partial charge in [0.25, 0.3) is 5.91 Å². The summed E-state index contributed by atoms with van der Waals surface area (Å²) in [5.74, 6) is -2.13. The van der Waals surface area contributed by atoms with Gasteiger partial charge in [-0.25, -0.2) is 17.2 Å². The van der Waals surface area contributed by atoms with Gasteiger partial charge in [0.05, 0.1) is 17.5 Å². The minimum atomic E-state index is -3.53. The zero-order valence-corrected chi connectivity index (χ0v) is 18.5. The van der Waals surface area contributed by atoms with E-state index in [4.69, 9.17) is 5.73 Å². The Morgan fingerprint density at radius 2 is 1.73 bits per heavy atom. The molecule has 0 spiro atoms. The second kappa shape index (κ2) is 8.21. The van der Waals surface area contributed by atoms with Gasteiger partial charge >= 0.3 is 0 Å². The Kier molecular flexibility index (Phi) is 5.54. The fourth-order valence-electron chi connectivity index (χ4n) is 3.70. The summed E-state index contributed by atoms with van der Waals surface area (Å²) < 4.78 is 55.3. The third-order valence-corrected chi connectivity index (χ3v) is 5.67. The van der Waals surface area contributed by atoms with Crippen LogP contribution in [0, 0.1) is 11.6 Å². The predicted octanol–water partition coefficient (Wildman–Crippen LogP) is 4.09. The normalized spacial score (nSPS) is 11.5. The fraction of sp³-hybridized carbons (Fsp3) is 0.0870. The van der Waals surface area contributed by atoms with Crippen molar-refractivity contribution >= 4 is 38.2 Å². The zero-order chi connectivity index (χ0) is 23.9. The number of halogens is 2. The average Bonchev–Trinajstić information content (AvgIpc) is 3.11. The van der Waals surface area contributed by atoms with Crippen molar-refractivity contribution in [2.45, 2.75) is 0 Å². The maximum atomic E-state index is 14.5. The monoisotopic (exact) mass is 470 g/mol. The molecule has 0 aliphatic carbocycles. The topological polar surface area (TPSA) is 106 Å². The number of anilines is 2. The van der Waals surface area contributed by atoms with Crippen LogP contribution in [0.25, 0.3) is 27.7 Å². The molecule has 3 aromatic carbocycles. The summed E-state index contributed by atoms with van der Waals surface area (Å²) >= 11 is 0. The Hall–Kier alpha value is -3.92. The molecule has 1 amide bonds. The highest BCUT2D eigenvalue weighted by Crippen LogP contribution is 2.33. The summed E-state index contributed by atoms with van der Waals surface area (Å²) in [6.07, 6.45) is 1.03. The standard InChI is InChI=1S/C23H20F2N4O3S/c1-27-17-7-14(19-6-4-15(24)10-20(19)25)8-18(11-17)29-21-12-16(28-33(2,31)32)5-3-13(21)9-22(29)23(26)30/h3-12,27-28H,1-2H3,(H2,26,30). The Bertz CT molecular complexity index is 1510. The third-order valence-electron chi connectivity index (χ3n) is 5.07. The van der Waals surface area contributed by atoms with E-state index in [0.29, 0.717) is 33.5 Å². The molecule has 170 valence electrons. The number of benzene rings is 3. The number of carbonyl (C=O) groups is 1. The molecule has 10 heteroatoms. The van der Waals surface area contributed by atoms with Crippen LogP contribution >= 0.6 is 0 Å². The van der Waals surface area contributed by atoms with Gasteiger partial charge in [-0.05, 0) is 54.1 Å². The highest BCUT2D eigenvalue weighted by Gasteiger charge is 2.18. The van der Waals surface area contributed by atoms with E-state index in [1.54, 1.807) is 54.1 Å². The fourth-order valence-corrected chi connectivity index (χ4v) is 4.26. The maximum absolute atomic E-state index is 14.5. The third kappa shape index (κ3) is 4.51. The van der Waals surface area contributed by atoms with Crippen molar-refractivity contribution in [3.63, 3.8) is 0 Å². The first-order chi connectivity index (χ1) is 15.6. The summed E-state index contributed by atoms with van der Waals surface area (Å²) in [6, 6.07) is 14.7. The van der Waals surface area contributed by atoms with Gasteiger partial charge in [-0.3, -0.25) is 9.52 Å². The van der Waals surface area contributed by atoms with Gasteiger partial charge in [-0.1, -0.05) is 6.07 Å². The molecule has 1 heterocycles. The molecule has 4 N–H and O–H groups in total. The Balaban J connectivity index is 1.99. The first-order valence-electron chi connectivity index (χ1n) is 9.77. The summed E-state index contributed by atoms with van der Waals surface area (Å²) in [4.78, 5) is 12.3. The van der Waals surface area contributed by atoms with Gasteiger partial charge in [-0.2, -0.15) is 0 Å². The number of hydrogen-bond donors (Lipinski definition) is 3. The minimum absolute atomic E-state index is 0.153. The summed E-state index contributed by atoms with van der Waals surface area (Å²) in [5.41, 5.74) is 8.28. The van der Waals surface area contributed by atoms with E-state index in [1.807, 2.05) is 0 Å². The molecule has 4 rings (SSSR count). The van der Waals surface area contributed by atoms with Gasteiger partial charge < -0.3 is 15.6 Å². The number of nitrogens with two attached hydrogens (primary N) is 1. The van der Waals surface area contributed by atoms with Crippen molar-refractivity contribution in [3.8, 4) is 16.8 Å².